The molecule has 3 aliphatic rings. The van der Waals surface area contributed by atoms with E-state index >= 15 is 0 Å². The molecule has 1 saturated heterocycles. The zero-order chi connectivity index (χ0) is 30.1. The lowest BCUT2D eigenvalue weighted by molar-refractivity contribution is -0.246. The van der Waals surface area contributed by atoms with Gasteiger partial charge in [-0.2, -0.15) is 0 Å². The predicted octanol–water partition coefficient (Wildman–Crippen LogP) is 3.67. The Hall–Kier alpha value is -2.66. The largest absolute Gasteiger partial charge is 0.508 e. The van der Waals surface area contributed by atoms with Crippen LogP contribution in [0.25, 0.3) is 0 Å². The van der Waals surface area contributed by atoms with E-state index in [0.717, 1.165) is 37.7 Å². The number of aliphatic carboxylic acids is 1. The van der Waals surface area contributed by atoms with Crippen LogP contribution in [0.3, 0.4) is 0 Å². The highest BCUT2D eigenvalue weighted by Crippen LogP contribution is 2.55. The van der Waals surface area contributed by atoms with E-state index in [4.69, 9.17) is 14.2 Å². The molecule has 2 aliphatic heterocycles. The van der Waals surface area contributed by atoms with E-state index in [1.807, 2.05) is 26.8 Å². The number of rotatable bonds is 10. The SMILES string of the molecule is CCCCCC[C@@](C)(CO)c1cc(O)c2c(c1)OC(C)(C)C1CC=C(C(=O)O[C@H]3C[C@@H](O)[C@H](O)[C@@H](C(=O)O)O3)C[C@@H]21. The highest BCUT2D eigenvalue weighted by atomic mass is 16.7. The number of carbonyl (C=O) groups is 2. The van der Waals surface area contributed by atoms with Crippen molar-refractivity contribution in [2.24, 2.45) is 5.92 Å². The molecule has 41 heavy (non-hydrogen) atoms. The van der Waals surface area contributed by atoms with Crippen molar-refractivity contribution in [1.29, 1.82) is 0 Å². The molecule has 1 unspecified atom stereocenters. The first-order valence-electron chi connectivity index (χ1n) is 14.6. The molecule has 0 radical (unpaired) electrons. The number of hydrogen-bond donors (Lipinski definition) is 5. The van der Waals surface area contributed by atoms with Gasteiger partial charge in [-0.25, -0.2) is 9.59 Å². The highest BCUT2D eigenvalue weighted by molar-refractivity contribution is 5.89. The van der Waals surface area contributed by atoms with Gasteiger partial charge in [0, 0.05) is 34.8 Å². The molecule has 0 aromatic heterocycles. The number of ether oxygens (including phenoxy) is 3. The van der Waals surface area contributed by atoms with Crippen molar-refractivity contribution in [2.45, 2.75) is 121 Å². The van der Waals surface area contributed by atoms with Gasteiger partial charge in [0.25, 0.3) is 0 Å². The van der Waals surface area contributed by atoms with Crippen LogP contribution in [-0.4, -0.2) is 74.3 Å². The van der Waals surface area contributed by atoms with Crippen molar-refractivity contribution in [3.05, 3.63) is 34.9 Å². The first-order valence-corrected chi connectivity index (χ1v) is 14.6. The van der Waals surface area contributed by atoms with Gasteiger partial charge in [0.1, 0.15) is 23.2 Å². The topological polar surface area (TPSA) is 163 Å². The highest BCUT2D eigenvalue weighted by Gasteiger charge is 2.48. The molecule has 10 nitrogen and oxygen atoms in total. The van der Waals surface area contributed by atoms with Crippen LogP contribution in [0.15, 0.2) is 23.8 Å². The van der Waals surface area contributed by atoms with E-state index in [9.17, 15) is 35.1 Å². The third kappa shape index (κ3) is 6.40. The number of benzene rings is 1. The number of phenolic OH excluding ortho intramolecular Hbond substituents is 1. The fourth-order valence-electron chi connectivity index (χ4n) is 6.48. The number of esters is 1. The maximum atomic E-state index is 13.2. The van der Waals surface area contributed by atoms with E-state index in [1.54, 1.807) is 12.1 Å². The molecule has 2 heterocycles. The van der Waals surface area contributed by atoms with Crippen LogP contribution in [0.2, 0.25) is 0 Å². The Labute approximate surface area is 240 Å². The number of carboxylic acid groups (broad SMARTS) is 1. The summed E-state index contributed by atoms with van der Waals surface area (Å²) in [5.74, 6) is -1.88. The lowest BCUT2D eigenvalue weighted by Gasteiger charge is -2.47. The minimum Gasteiger partial charge on any atom is -0.508 e. The van der Waals surface area contributed by atoms with Crippen LogP contribution >= 0.6 is 0 Å². The van der Waals surface area contributed by atoms with Crippen LogP contribution in [0, 0.1) is 5.92 Å². The minimum absolute atomic E-state index is 0.0409. The number of fused-ring (bicyclic) bond motifs is 3. The molecular weight excluding hydrogens is 532 g/mol. The molecule has 0 saturated carbocycles. The number of aliphatic hydroxyl groups is 3. The van der Waals surface area contributed by atoms with Crippen LogP contribution in [0.5, 0.6) is 11.5 Å². The third-order valence-electron chi connectivity index (χ3n) is 9.11. The van der Waals surface area contributed by atoms with E-state index < -0.39 is 47.6 Å². The summed E-state index contributed by atoms with van der Waals surface area (Å²) in [5.41, 5.74) is 0.619. The summed E-state index contributed by atoms with van der Waals surface area (Å²) in [6, 6.07) is 3.62. The Bertz CT molecular complexity index is 1160. The lowest BCUT2D eigenvalue weighted by atomic mass is 9.66. The summed E-state index contributed by atoms with van der Waals surface area (Å²) in [5, 5.41) is 50.9. The molecule has 0 bridgehead atoms. The van der Waals surface area contributed by atoms with E-state index in [-0.39, 0.29) is 37.0 Å². The summed E-state index contributed by atoms with van der Waals surface area (Å²) in [6.07, 6.45) is 1.21. The molecule has 1 aliphatic carbocycles. The summed E-state index contributed by atoms with van der Waals surface area (Å²) in [6.45, 7) is 8.05. The normalized spacial score (nSPS) is 30.2. The van der Waals surface area contributed by atoms with Gasteiger partial charge in [-0.3, -0.25) is 0 Å². The maximum Gasteiger partial charge on any atom is 0.336 e. The molecule has 1 fully saturated rings. The van der Waals surface area contributed by atoms with Crippen molar-refractivity contribution in [3.8, 4) is 11.5 Å². The molecule has 5 N–H and O–H groups in total. The lowest BCUT2D eigenvalue weighted by Crippen LogP contribution is -2.52. The van der Waals surface area contributed by atoms with Gasteiger partial charge in [0.15, 0.2) is 6.10 Å². The predicted molar refractivity (Wildman–Crippen MR) is 149 cm³/mol. The maximum absolute atomic E-state index is 13.2. The second-order valence-corrected chi connectivity index (χ2v) is 12.5. The van der Waals surface area contributed by atoms with Crippen LogP contribution in [0.1, 0.15) is 96.1 Å². The zero-order valence-corrected chi connectivity index (χ0v) is 24.3. The Morgan fingerprint density at radius 3 is 2.56 bits per heavy atom. The van der Waals surface area contributed by atoms with Crippen molar-refractivity contribution in [3.63, 3.8) is 0 Å². The molecule has 0 spiro atoms. The second kappa shape index (κ2) is 12.3. The number of aromatic hydroxyl groups is 1. The monoisotopic (exact) mass is 576 g/mol. The van der Waals surface area contributed by atoms with Crippen LogP contribution < -0.4 is 4.74 Å². The van der Waals surface area contributed by atoms with Gasteiger partial charge in [0.05, 0.1) is 12.7 Å². The fourth-order valence-corrected chi connectivity index (χ4v) is 6.48. The first kappa shape index (κ1) is 31.3. The number of aliphatic hydroxyl groups excluding tert-OH is 3. The molecule has 7 atom stereocenters. The van der Waals surface area contributed by atoms with Gasteiger partial charge in [-0.1, -0.05) is 45.6 Å². The van der Waals surface area contributed by atoms with Crippen LogP contribution in [-0.2, 0) is 24.5 Å². The Kier molecular flexibility index (Phi) is 9.38. The van der Waals surface area contributed by atoms with Gasteiger partial charge in [-0.15, -0.1) is 0 Å². The molecule has 1 aromatic rings. The van der Waals surface area contributed by atoms with Crippen molar-refractivity contribution in [2.75, 3.05) is 6.61 Å². The number of hydrogen-bond acceptors (Lipinski definition) is 9. The van der Waals surface area contributed by atoms with Crippen molar-refractivity contribution in [1.82, 2.24) is 0 Å². The molecule has 1 aromatic carbocycles. The number of carbonyl (C=O) groups excluding carboxylic acids is 1. The average Bonchev–Trinajstić information content (AvgIpc) is 2.91. The minimum atomic E-state index is -1.72. The van der Waals surface area contributed by atoms with Crippen molar-refractivity contribution >= 4 is 11.9 Å². The van der Waals surface area contributed by atoms with Gasteiger partial charge in [-0.05, 0) is 50.8 Å². The number of phenols is 1. The standard InChI is InChI=1S/C31H44O10/c1-5-6-7-8-11-31(4,16-32)18-13-21(33)25-19-12-17(9-10-20(19)30(2,3)41-23(25)14-18)29(38)40-24-15-22(34)26(35)27(39-24)28(36)37/h9,13-14,19-20,22,24,26-27,32-35H,5-8,10-12,15-16H2,1-4H3,(H,36,37)/t19-,20?,22-,24+,26+,27+,31+/m1/s1. The molecular formula is C31H44O10. The molecule has 10 heteroatoms. The first-order chi connectivity index (χ1) is 19.3. The van der Waals surface area contributed by atoms with Crippen LogP contribution in [0.4, 0.5) is 0 Å². The summed E-state index contributed by atoms with van der Waals surface area (Å²) in [4.78, 5) is 24.5. The Balaban J connectivity index is 1.56. The summed E-state index contributed by atoms with van der Waals surface area (Å²) in [7, 11) is 0. The number of unbranched alkanes of at least 4 members (excludes halogenated alkanes) is 3. The Morgan fingerprint density at radius 1 is 1.17 bits per heavy atom. The van der Waals surface area contributed by atoms with Gasteiger partial charge < -0.3 is 39.7 Å². The Morgan fingerprint density at radius 2 is 1.90 bits per heavy atom. The van der Waals surface area contributed by atoms with E-state index in [0.29, 0.717) is 23.3 Å². The second-order valence-electron chi connectivity index (χ2n) is 12.5. The molecule has 0 amide bonds. The third-order valence-corrected chi connectivity index (χ3v) is 9.11. The zero-order valence-electron chi connectivity index (χ0n) is 24.3. The van der Waals surface area contributed by atoms with Gasteiger partial charge in [0.2, 0.25) is 6.29 Å². The molecule has 4 rings (SSSR count). The number of carboxylic acids is 1. The fraction of sp³-hybridized carbons (Fsp3) is 0.677. The van der Waals surface area contributed by atoms with E-state index in [2.05, 4.69) is 6.92 Å². The quantitative estimate of drug-likeness (QED) is 0.205. The molecule has 228 valence electrons. The van der Waals surface area contributed by atoms with Gasteiger partial charge >= 0.3 is 11.9 Å². The average molecular weight is 577 g/mol. The van der Waals surface area contributed by atoms with E-state index in [1.165, 1.54) is 0 Å². The smallest absolute Gasteiger partial charge is 0.336 e. The summed E-state index contributed by atoms with van der Waals surface area (Å²) >= 11 is 0. The summed E-state index contributed by atoms with van der Waals surface area (Å²) < 4.78 is 17.1. The van der Waals surface area contributed by atoms with Crippen molar-refractivity contribution < 1.29 is 49.3 Å². The number of allylic oxidation sites excluding steroid dienone is 1.